The Kier molecular flexibility index (Phi) is 9.15. The summed E-state index contributed by atoms with van der Waals surface area (Å²) < 4.78 is 33.4. The highest BCUT2D eigenvalue weighted by molar-refractivity contribution is 6.04. The predicted molar refractivity (Wildman–Crippen MR) is 138 cm³/mol. The number of aromatic nitrogens is 3. The number of rotatable bonds is 6. The number of pyridine rings is 1. The summed E-state index contributed by atoms with van der Waals surface area (Å²) in [5.41, 5.74) is 4.85. The molecule has 12 heteroatoms. The Morgan fingerprint density at radius 3 is 2.31 bits per heavy atom. The quantitative estimate of drug-likeness (QED) is 0.318. The lowest BCUT2D eigenvalue weighted by Crippen LogP contribution is -2.21. The van der Waals surface area contributed by atoms with Crippen LogP contribution in [0.3, 0.4) is 0 Å². The summed E-state index contributed by atoms with van der Waals surface area (Å²) in [6, 6.07) is 18.6. The van der Waals surface area contributed by atoms with Crippen molar-refractivity contribution in [3.63, 3.8) is 0 Å². The molecule has 0 aliphatic heterocycles. The van der Waals surface area contributed by atoms with Gasteiger partial charge in [0.2, 0.25) is 5.91 Å². The van der Waals surface area contributed by atoms with E-state index in [4.69, 9.17) is 9.90 Å². The molecule has 2 heterocycles. The molecule has 4 rings (SSSR count). The predicted octanol–water partition coefficient (Wildman–Crippen LogP) is 4.95. The molecule has 0 spiro atoms. The second-order valence-corrected chi connectivity index (χ2v) is 8.41. The molecule has 0 atom stereocenters. The van der Waals surface area contributed by atoms with Gasteiger partial charge in [-0.25, -0.2) is 14.5 Å². The van der Waals surface area contributed by atoms with Crippen molar-refractivity contribution in [2.75, 3.05) is 10.6 Å². The third-order valence-electron chi connectivity index (χ3n) is 5.09. The molecular weight excluding hydrogens is 515 g/mol. The number of hydrogen-bond acceptors (Lipinski definition) is 5. The molecule has 2 aromatic carbocycles. The SMILES string of the molecule is Cc1cccc(CC(=O)Nc2cnn(-c3cccc(C(=O)Nc4cc(C)ccn4)c3)c2)c1.O=C(O)C(F)(F)F. The van der Waals surface area contributed by atoms with Crippen LogP contribution in [-0.4, -0.2) is 43.8 Å². The lowest BCUT2D eigenvalue weighted by atomic mass is 10.1. The van der Waals surface area contributed by atoms with Crippen LogP contribution in [0.15, 0.2) is 79.3 Å². The van der Waals surface area contributed by atoms with E-state index in [1.807, 2.05) is 50.2 Å². The number of nitrogens with one attached hydrogen (secondary N) is 2. The van der Waals surface area contributed by atoms with Crippen molar-refractivity contribution >= 4 is 29.3 Å². The van der Waals surface area contributed by atoms with Crippen LogP contribution in [0, 0.1) is 13.8 Å². The number of carboxylic acids is 1. The molecule has 0 saturated heterocycles. The van der Waals surface area contributed by atoms with Gasteiger partial charge in [0.05, 0.1) is 30.2 Å². The number of carbonyl (C=O) groups excluding carboxylic acids is 2. The highest BCUT2D eigenvalue weighted by Crippen LogP contribution is 2.16. The molecule has 39 heavy (non-hydrogen) atoms. The van der Waals surface area contributed by atoms with Gasteiger partial charge in [0.15, 0.2) is 0 Å². The molecule has 3 N–H and O–H groups in total. The smallest absolute Gasteiger partial charge is 0.475 e. The van der Waals surface area contributed by atoms with E-state index in [1.54, 1.807) is 47.5 Å². The molecule has 0 aliphatic rings. The van der Waals surface area contributed by atoms with Gasteiger partial charge in [-0.3, -0.25) is 9.59 Å². The second-order valence-electron chi connectivity index (χ2n) is 8.41. The van der Waals surface area contributed by atoms with E-state index in [2.05, 4.69) is 20.7 Å². The lowest BCUT2D eigenvalue weighted by molar-refractivity contribution is -0.192. The first-order valence-corrected chi connectivity index (χ1v) is 11.5. The van der Waals surface area contributed by atoms with E-state index in [0.717, 1.165) is 16.7 Å². The van der Waals surface area contributed by atoms with E-state index in [0.29, 0.717) is 22.8 Å². The van der Waals surface area contributed by atoms with Crippen molar-refractivity contribution in [2.24, 2.45) is 0 Å². The van der Waals surface area contributed by atoms with Crippen LogP contribution in [0.2, 0.25) is 0 Å². The fraction of sp³-hybridized carbons (Fsp3) is 0.148. The Morgan fingerprint density at radius 2 is 1.64 bits per heavy atom. The minimum absolute atomic E-state index is 0.117. The minimum Gasteiger partial charge on any atom is -0.475 e. The Morgan fingerprint density at radius 1 is 0.949 bits per heavy atom. The molecule has 0 aliphatic carbocycles. The first kappa shape index (κ1) is 28.6. The maximum Gasteiger partial charge on any atom is 0.490 e. The average Bonchev–Trinajstić information content (AvgIpc) is 3.32. The highest BCUT2D eigenvalue weighted by Gasteiger charge is 2.38. The second kappa shape index (κ2) is 12.5. The van der Waals surface area contributed by atoms with Gasteiger partial charge in [-0.15, -0.1) is 0 Å². The van der Waals surface area contributed by atoms with Gasteiger partial charge in [0.25, 0.3) is 5.91 Å². The van der Waals surface area contributed by atoms with Crippen molar-refractivity contribution in [3.05, 3.63) is 102 Å². The summed E-state index contributed by atoms with van der Waals surface area (Å²) >= 11 is 0. The van der Waals surface area contributed by atoms with Crippen molar-refractivity contribution in [1.82, 2.24) is 14.8 Å². The Bertz CT molecular complexity index is 1480. The molecule has 0 bridgehead atoms. The van der Waals surface area contributed by atoms with E-state index in [1.165, 1.54) is 0 Å². The van der Waals surface area contributed by atoms with Crippen LogP contribution in [0.25, 0.3) is 5.69 Å². The number of aliphatic carboxylic acids is 1. The summed E-state index contributed by atoms with van der Waals surface area (Å²) in [5, 5.41) is 17.1. The van der Waals surface area contributed by atoms with E-state index in [9.17, 15) is 22.8 Å². The van der Waals surface area contributed by atoms with Gasteiger partial charge in [0.1, 0.15) is 5.82 Å². The molecule has 0 saturated carbocycles. The summed E-state index contributed by atoms with van der Waals surface area (Å²) in [6.45, 7) is 3.93. The molecule has 0 unspecified atom stereocenters. The van der Waals surface area contributed by atoms with Gasteiger partial charge in [-0.1, -0.05) is 35.9 Å². The number of carbonyl (C=O) groups is 3. The largest absolute Gasteiger partial charge is 0.490 e. The van der Waals surface area contributed by atoms with Crippen LogP contribution in [0.4, 0.5) is 24.7 Å². The minimum atomic E-state index is -5.08. The van der Waals surface area contributed by atoms with E-state index >= 15 is 0 Å². The molecule has 0 fully saturated rings. The molecule has 2 amide bonds. The first-order chi connectivity index (χ1) is 18.4. The number of nitrogens with zero attached hydrogens (tertiary/aromatic N) is 3. The molecule has 4 aromatic rings. The van der Waals surface area contributed by atoms with Crippen molar-refractivity contribution in [2.45, 2.75) is 26.4 Å². The number of anilines is 2. The Hall–Kier alpha value is -5.00. The van der Waals surface area contributed by atoms with Crippen LogP contribution in [0.5, 0.6) is 0 Å². The monoisotopic (exact) mass is 539 g/mol. The lowest BCUT2D eigenvalue weighted by Gasteiger charge is -2.07. The highest BCUT2D eigenvalue weighted by atomic mass is 19.4. The third-order valence-corrected chi connectivity index (χ3v) is 5.09. The molecular formula is C27H24F3N5O4. The maximum absolute atomic E-state index is 12.6. The molecule has 2 aromatic heterocycles. The summed E-state index contributed by atoms with van der Waals surface area (Å²) in [4.78, 5) is 38.0. The van der Waals surface area contributed by atoms with Crippen LogP contribution in [-0.2, 0) is 16.0 Å². The Balaban J connectivity index is 0.000000532. The zero-order valence-corrected chi connectivity index (χ0v) is 20.9. The number of amides is 2. The molecule has 0 radical (unpaired) electrons. The third kappa shape index (κ3) is 8.81. The number of benzene rings is 2. The summed E-state index contributed by atoms with van der Waals surface area (Å²) in [7, 11) is 0. The van der Waals surface area contributed by atoms with Crippen molar-refractivity contribution in [1.29, 1.82) is 0 Å². The average molecular weight is 540 g/mol. The van der Waals surface area contributed by atoms with Crippen molar-refractivity contribution in [3.8, 4) is 5.69 Å². The Labute approximate surface area is 221 Å². The van der Waals surface area contributed by atoms with Crippen molar-refractivity contribution < 1.29 is 32.7 Å². The number of halogens is 3. The number of aryl methyl sites for hydroxylation is 2. The topological polar surface area (TPSA) is 126 Å². The van der Waals surface area contributed by atoms with Gasteiger partial charge >= 0.3 is 12.1 Å². The van der Waals surface area contributed by atoms with E-state index in [-0.39, 0.29) is 18.2 Å². The molecule has 9 nitrogen and oxygen atoms in total. The number of carboxylic acid groups (broad SMARTS) is 1. The van der Waals surface area contributed by atoms with Gasteiger partial charge in [-0.2, -0.15) is 18.3 Å². The van der Waals surface area contributed by atoms with Crippen LogP contribution < -0.4 is 10.6 Å². The number of hydrogen-bond donors (Lipinski definition) is 3. The molecule has 202 valence electrons. The first-order valence-electron chi connectivity index (χ1n) is 11.5. The fourth-order valence-electron chi connectivity index (χ4n) is 3.32. The number of alkyl halides is 3. The fourth-order valence-corrected chi connectivity index (χ4v) is 3.32. The van der Waals surface area contributed by atoms with Crippen LogP contribution >= 0.6 is 0 Å². The van der Waals surface area contributed by atoms with Gasteiger partial charge in [0, 0.05) is 11.8 Å². The van der Waals surface area contributed by atoms with Gasteiger partial charge < -0.3 is 15.7 Å². The van der Waals surface area contributed by atoms with E-state index < -0.39 is 12.1 Å². The zero-order chi connectivity index (χ0) is 28.6. The summed E-state index contributed by atoms with van der Waals surface area (Å²) in [6.07, 6.45) is 0.153. The normalized spacial score (nSPS) is 10.7. The standard InChI is InChI=1S/C25H23N5O2.C2HF3O2/c1-17-5-3-6-19(11-17)13-24(31)28-21-15-27-30(16-21)22-8-4-7-20(14-22)25(32)29-23-12-18(2)9-10-26-23;3-2(4,5)1(6)7/h3-12,14-16H,13H2,1-2H3,(H,28,31)(H,26,29,32);(H,6,7). The zero-order valence-electron chi connectivity index (χ0n) is 20.9. The maximum atomic E-state index is 12.6. The van der Waals surface area contributed by atoms with Gasteiger partial charge in [-0.05, 0) is 55.3 Å². The summed E-state index contributed by atoms with van der Waals surface area (Å²) in [5.74, 6) is -2.64. The van der Waals surface area contributed by atoms with Crippen LogP contribution in [0.1, 0.15) is 27.0 Å².